The standard InChI is InChI=1S/C21H16N6OS/c28-19-17-12-23-27(16-9-5-2-6-10-16)18(17)25-21(26-19)22-11-15-13-29-20(24-15)14-7-3-1-4-8-14/h1-10,12-13H,11H2,(H2,22,25,26,28). The maximum Gasteiger partial charge on any atom is 0.263 e. The van der Waals surface area contributed by atoms with E-state index in [1.807, 2.05) is 66.0 Å². The SMILES string of the molecule is O=c1[nH]c(NCc2csc(-c3ccccc3)n2)nc2c1cnn2-c1ccccc1. The lowest BCUT2D eigenvalue weighted by atomic mass is 10.2. The van der Waals surface area contributed by atoms with Crippen molar-refractivity contribution >= 4 is 28.3 Å². The zero-order chi connectivity index (χ0) is 19.6. The van der Waals surface area contributed by atoms with Crippen molar-refractivity contribution in [2.24, 2.45) is 0 Å². The minimum atomic E-state index is -0.233. The number of hydrogen-bond donors (Lipinski definition) is 2. The highest BCUT2D eigenvalue weighted by Crippen LogP contribution is 2.23. The fourth-order valence-electron chi connectivity index (χ4n) is 3.04. The Morgan fingerprint density at radius 1 is 1.00 bits per heavy atom. The number of rotatable bonds is 5. The molecule has 5 rings (SSSR count). The van der Waals surface area contributed by atoms with Crippen molar-refractivity contribution in [2.45, 2.75) is 6.54 Å². The Morgan fingerprint density at radius 2 is 1.76 bits per heavy atom. The molecule has 2 N–H and O–H groups in total. The Morgan fingerprint density at radius 3 is 2.55 bits per heavy atom. The number of anilines is 1. The van der Waals surface area contributed by atoms with E-state index in [2.05, 4.69) is 25.4 Å². The number of aromatic nitrogens is 5. The Balaban J connectivity index is 1.41. The summed E-state index contributed by atoms with van der Waals surface area (Å²) in [6.07, 6.45) is 1.53. The van der Waals surface area contributed by atoms with Gasteiger partial charge in [-0.25, -0.2) is 9.67 Å². The van der Waals surface area contributed by atoms with E-state index >= 15 is 0 Å². The fraction of sp³-hybridized carbons (Fsp3) is 0.0476. The predicted molar refractivity (Wildman–Crippen MR) is 114 cm³/mol. The molecule has 0 amide bonds. The summed E-state index contributed by atoms with van der Waals surface area (Å²) in [6.45, 7) is 0.456. The van der Waals surface area contributed by atoms with Gasteiger partial charge >= 0.3 is 0 Å². The van der Waals surface area contributed by atoms with Crippen molar-refractivity contribution in [3.63, 3.8) is 0 Å². The van der Waals surface area contributed by atoms with Crippen LogP contribution in [0, 0.1) is 0 Å². The molecule has 3 heterocycles. The van der Waals surface area contributed by atoms with Gasteiger partial charge < -0.3 is 5.32 Å². The topological polar surface area (TPSA) is 88.5 Å². The van der Waals surface area contributed by atoms with Crippen LogP contribution in [0.5, 0.6) is 0 Å². The molecule has 0 saturated heterocycles. The van der Waals surface area contributed by atoms with E-state index in [-0.39, 0.29) is 5.56 Å². The van der Waals surface area contributed by atoms with Gasteiger partial charge in [-0.05, 0) is 12.1 Å². The van der Waals surface area contributed by atoms with Crippen LogP contribution in [0.15, 0.2) is 77.0 Å². The van der Waals surface area contributed by atoms with E-state index in [1.54, 1.807) is 16.0 Å². The number of thiazole rings is 1. The highest BCUT2D eigenvalue weighted by Gasteiger charge is 2.12. The zero-order valence-electron chi connectivity index (χ0n) is 15.2. The third kappa shape index (κ3) is 3.41. The molecule has 0 spiro atoms. The minimum absolute atomic E-state index is 0.233. The van der Waals surface area contributed by atoms with E-state index in [0.717, 1.165) is 22.0 Å². The van der Waals surface area contributed by atoms with Crippen LogP contribution in [0.4, 0.5) is 5.95 Å². The predicted octanol–water partition coefficient (Wildman–Crippen LogP) is 3.84. The first kappa shape index (κ1) is 17.3. The number of nitrogens with zero attached hydrogens (tertiary/aromatic N) is 4. The molecule has 0 radical (unpaired) electrons. The molecule has 0 aliphatic heterocycles. The van der Waals surface area contributed by atoms with Crippen molar-refractivity contribution in [1.29, 1.82) is 0 Å². The number of H-pyrrole nitrogens is 1. The second-order valence-electron chi connectivity index (χ2n) is 6.41. The van der Waals surface area contributed by atoms with Gasteiger partial charge in [-0.15, -0.1) is 11.3 Å². The van der Waals surface area contributed by atoms with Crippen LogP contribution in [0.3, 0.4) is 0 Å². The van der Waals surface area contributed by atoms with E-state index in [1.165, 1.54) is 6.20 Å². The Kier molecular flexibility index (Phi) is 4.38. The maximum atomic E-state index is 12.4. The van der Waals surface area contributed by atoms with Crippen LogP contribution in [0.2, 0.25) is 0 Å². The molecule has 0 unspecified atom stereocenters. The monoisotopic (exact) mass is 400 g/mol. The van der Waals surface area contributed by atoms with Gasteiger partial charge in [0.25, 0.3) is 5.56 Å². The molecule has 0 bridgehead atoms. The lowest BCUT2D eigenvalue weighted by Crippen LogP contribution is -2.13. The van der Waals surface area contributed by atoms with E-state index < -0.39 is 0 Å². The lowest BCUT2D eigenvalue weighted by molar-refractivity contribution is 0.893. The largest absolute Gasteiger partial charge is 0.350 e. The fourth-order valence-corrected chi connectivity index (χ4v) is 3.86. The van der Waals surface area contributed by atoms with Crippen LogP contribution < -0.4 is 10.9 Å². The molecule has 8 heteroatoms. The van der Waals surface area contributed by atoms with Crippen LogP contribution in [-0.2, 0) is 6.54 Å². The number of nitrogens with one attached hydrogen (secondary N) is 2. The number of hydrogen-bond acceptors (Lipinski definition) is 6. The molecule has 29 heavy (non-hydrogen) atoms. The summed E-state index contributed by atoms with van der Waals surface area (Å²) in [5, 5.41) is 10.9. The summed E-state index contributed by atoms with van der Waals surface area (Å²) < 4.78 is 1.66. The maximum absolute atomic E-state index is 12.4. The second kappa shape index (κ2) is 7.33. The van der Waals surface area contributed by atoms with Gasteiger partial charge in [0.15, 0.2) is 5.65 Å². The molecular formula is C21H16N6OS. The van der Waals surface area contributed by atoms with Crippen molar-refractivity contribution in [2.75, 3.05) is 5.32 Å². The third-order valence-corrected chi connectivity index (χ3v) is 5.39. The van der Waals surface area contributed by atoms with E-state index in [9.17, 15) is 4.79 Å². The molecule has 0 saturated carbocycles. The molecule has 0 atom stereocenters. The zero-order valence-corrected chi connectivity index (χ0v) is 16.1. The van der Waals surface area contributed by atoms with Crippen LogP contribution in [0.1, 0.15) is 5.69 Å². The minimum Gasteiger partial charge on any atom is -0.350 e. The summed E-state index contributed by atoms with van der Waals surface area (Å²) in [5.41, 5.74) is 3.09. The van der Waals surface area contributed by atoms with Gasteiger partial charge in [0.2, 0.25) is 5.95 Å². The summed E-state index contributed by atoms with van der Waals surface area (Å²) >= 11 is 1.59. The summed E-state index contributed by atoms with van der Waals surface area (Å²) in [5.74, 6) is 0.384. The number of fused-ring (bicyclic) bond motifs is 1. The van der Waals surface area contributed by atoms with Gasteiger partial charge in [0, 0.05) is 10.9 Å². The Hall–Kier alpha value is -3.78. The first-order valence-corrected chi connectivity index (χ1v) is 9.93. The van der Waals surface area contributed by atoms with Crippen molar-refractivity contribution < 1.29 is 0 Å². The second-order valence-corrected chi connectivity index (χ2v) is 7.27. The Bertz CT molecular complexity index is 1320. The highest BCUT2D eigenvalue weighted by atomic mass is 32.1. The normalized spacial score (nSPS) is 11.0. The van der Waals surface area contributed by atoms with Crippen LogP contribution >= 0.6 is 11.3 Å². The van der Waals surface area contributed by atoms with Crippen molar-refractivity contribution in [1.82, 2.24) is 24.7 Å². The average Bonchev–Trinajstić information content (AvgIpc) is 3.41. The Labute approximate surface area is 169 Å². The number of aromatic amines is 1. The van der Waals surface area contributed by atoms with Crippen LogP contribution in [-0.4, -0.2) is 24.7 Å². The first-order valence-electron chi connectivity index (χ1n) is 9.05. The number of benzene rings is 2. The molecule has 0 aliphatic rings. The molecule has 0 aliphatic carbocycles. The lowest BCUT2D eigenvalue weighted by Gasteiger charge is -2.06. The quantitative estimate of drug-likeness (QED) is 0.468. The van der Waals surface area contributed by atoms with Crippen molar-refractivity contribution in [3.05, 3.63) is 88.3 Å². The summed E-state index contributed by atoms with van der Waals surface area (Å²) in [7, 11) is 0. The summed E-state index contributed by atoms with van der Waals surface area (Å²) in [6, 6.07) is 19.7. The van der Waals surface area contributed by atoms with Gasteiger partial charge in [-0.3, -0.25) is 9.78 Å². The molecule has 7 nitrogen and oxygen atoms in total. The molecule has 0 fully saturated rings. The summed E-state index contributed by atoms with van der Waals surface area (Å²) in [4.78, 5) is 24.4. The molecular weight excluding hydrogens is 384 g/mol. The van der Waals surface area contributed by atoms with Gasteiger partial charge in [0.1, 0.15) is 10.4 Å². The van der Waals surface area contributed by atoms with Gasteiger partial charge in [0.05, 0.1) is 24.1 Å². The third-order valence-electron chi connectivity index (χ3n) is 4.45. The molecule has 3 aromatic heterocycles. The van der Waals surface area contributed by atoms with Gasteiger partial charge in [-0.1, -0.05) is 48.5 Å². The van der Waals surface area contributed by atoms with Crippen molar-refractivity contribution in [3.8, 4) is 16.3 Å². The molecule has 5 aromatic rings. The number of para-hydroxylation sites is 1. The molecule has 142 valence electrons. The average molecular weight is 400 g/mol. The van der Waals surface area contributed by atoms with E-state index in [4.69, 9.17) is 0 Å². The highest BCUT2D eigenvalue weighted by molar-refractivity contribution is 7.13. The van der Waals surface area contributed by atoms with Gasteiger partial charge in [-0.2, -0.15) is 10.1 Å². The van der Waals surface area contributed by atoms with Crippen LogP contribution in [0.25, 0.3) is 27.3 Å². The molecule has 2 aromatic carbocycles. The smallest absolute Gasteiger partial charge is 0.263 e. The van der Waals surface area contributed by atoms with E-state index in [0.29, 0.717) is 23.5 Å². The first-order chi connectivity index (χ1) is 14.3.